The molecule has 1 N–H and O–H groups in total. The third kappa shape index (κ3) is 4.07. The van der Waals surface area contributed by atoms with Crippen molar-refractivity contribution >= 4 is 0 Å². The van der Waals surface area contributed by atoms with Gasteiger partial charge in [-0.1, -0.05) is 33.6 Å². The number of nitrogens with zero attached hydrogens (tertiary/aromatic N) is 2. The van der Waals surface area contributed by atoms with Crippen LogP contribution < -0.4 is 0 Å². The van der Waals surface area contributed by atoms with Gasteiger partial charge in [0.2, 0.25) is 5.89 Å². The standard InChI is InChI=1S/C17H30N2O2/c1-12(16-18-10-15(21-16)17(2,3)4)19(5)11-13-8-6-7-9-14(13)20/h10,12-14,20H,6-9,11H2,1-5H3. The zero-order chi connectivity index (χ0) is 15.6. The summed E-state index contributed by atoms with van der Waals surface area (Å²) in [5, 5.41) is 10.1. The summed E-state index contributed by atoms with van der Waals surface area (Å²) in [6, 6.07) is 0.134. The predicted octanol–water partition coefficient (Wildman–Crippen LogP) is 3.52. The molecule has 120 valence electrons. The Morgan fingerprint density at radius 1 is 1.38 bits per heavy atom. The molecule has 21 heavy (non-hydrogen) atoms. The highest BCUT2D eigenvalue weighted by molar-refractivity contribution is 5.07. The molecule has 1 aliphatic rings. The zero-order valence-electron chi connectivity index (χ0n) is 14.1. The Labute approximate surface area is 128 Å². The van der Waals surface area contributed by atoms with E-state index in [2.05, 4.69) is 44.6 Å². The number of oxazole rings is 1. The molecule has 0 saturated heterocycles. The fourth-order valence-electron chi connectivity index (χ4n) is 2.95. The Hall–Kier alpha value is -0.870. The number of aromatic nitrogens is 1. The van der Waals surface area contributed by atoms with Crippen LogP contribution in [0.3, 0.4) is 0 Å². The van der Waals surface area contributed by atoms with E-state index in [0.29, 0.717) is 5.92 Å². The lowest BCUT2D eigenvalue weighted by Crippen LogP contribution is -2.36. The number of aliphatic hydroxyl groups is 1. The minimum atomic E-state index is -0.150. The highest BCUT2D eigenvalue weighted by Crippen LogP contribution is 2.29. The average molecular weight is 294 g/mol. The Morgan fingerprint density at radius 2 is 2.05 bits per heavy atom. The smallest absolute Gasteiger partial charge is 0.211 e. The van der Waals surface area contributed by atoms with Crippen molar-refractivity contribution in [3.63, 3.8) is 0 Å². The Morgan fingerprint density at radius 3 is 2.62 bits per heavy atom. The van der Waals surface area contributed by atoms with Gasteiger partial charge in [-0.25, -0.2) is 4.98 Å². The first-order valence-corrected chi connectivity index (χ1v) is 8.13. The van der Waals surface area contributed by atoms with E-state index in [0.717, 1.165) is 37.5 Å². The van der Waals surface area contributed by atoms with Crippen molar-refractivity contribution in [3.05, 3.63) is 17.8 Å². The van der Waals surface area contributed by atoms with Crippen molar-refractivity contribution in [2.75, 3.05) is 13.6 Å². The van der Waals surface area contributed by atoms with Crippen LogP contribution in [0.25, 0.3) is 0 Å². The van der Waals surface area contributed by atoms with Crippen LogP contribution in [0.4, 0.5) is 0 Å². The quantitative estimate of drug-likeness (QED) is 0.923. The largest absolute Gasteiger partial charge is 0.443 e. The molecule has 0 bridgehead atoms. The van der Waals surface area contributed by atoms with Gasteiger partial charge < -0.3 is 9.52 Å². The van der Waals surface area contributed by atoms with Gasteiger partial charge in [0, 0.05) is 12.0 Å². The first-order chi connectivity index (χ1) is 9.79. The van der Waals surface area contributed by atoms with Crippen LogP contribution in [0.5, 0.6) is 0 Å². The lowest BCUT2D eigenvalue weighted by Gasteiger charge is -2.33. The molecule has 0 spiro atoms. The highest BCUT2D eigenvalue weighted by Gasteiger charge is 2.28. The van der Waals surface area contributed by atoms with E-state index < -0.39 is 0 Å². The number of rotatable bonds is 4. The van der Waals surface area contributed by atoms with Crippen LogP contribution in [0.15, 0.2) is 10.6 Å². The summed E-state index contributed by atoms with van der Waals surface area (Å²) in [7, 11) is 2.09. The van der Waals surface area contributed by atoms with E-state index in [9.17, 15) is 5.11 Å². The summed E-state index contributed by atoms with van der Waals surface area (Å²) in [5.41, 5.74) is -0.0108. The molecule has 1 aromatic heterocycles. The normalized spacial score (nSPS) is 25.3. The number of hydrogen-bond donors (Lipinski definition) is 1. The van der Waals surface area contributed by atoms with Gasteiger partial charge in [0.25, 0.3) is 0 Å². The summed E-state index contributed by atoms with van der Waals surface area (Å²) in [6.07, 6.45) is 6.15. The van der Waals surface area contributed by atoms with Gasteiger partial charge in [-0.05, 0) is 32.7 Å². The van der Waals surface area contributed by atoms with Crippen LogP contribution in [-0.2, 0) is 5.41 Å². The lowest BCUT2D eigenvalue weighted by molar-refractivity contribution is 0.0419. The molecule has 4 nitrogen and oxygen atoms in total. The summed E-state index contributed by atoms with van der Waals surface area (Å²) in [4.78, 5) is 6.69. The molecule has 1 fully saturated rings. The van der Waals surface area contributed by atoms with E-state index in [-0.39, 0.29) is 17.6 Å². The maximum Gasteiger partial charge on any atom is 0.211 e. The van der Waals surface area contributed by atoms with E-state index in [1.807, 2.05) is 6.20 Å². The molecular formula is C17H30N2O2. The molecule has 1 aliphatic carbocycles. The van der Waals surface area contributed by atoms with Crippen molar-refractivity contribution in [1.82, 2.24) is 9.88 Å². The summed E-state index contributed by atoms with van der Waals surface area (Å²) in [6.45, 7) is 9.40. The topological polar surface area (TPSA) is 49.5 Å². The van der Waals surface area contributed by atoms with Crippen LogP contribution in [0.1, 0.15) is 71.1 Å². The van der Waals surface area contributed by atoms with Crippen LogP contribution in [-0.4, -0.2) is 34.7 Å². The molecule has 3 unspecified atom stereocenters. The minimum Gasteiger partial charge on any atom is -0.443 e. The fourth-order valence-corrected chi connectivity index (χ4v) is 2.95. The minimum absolute atomic E-state index is 0.0108. The van der Waals surface area contributed by atoms with Crippen molar-refractivity contribution in [3.8, 4) is 0 Å². The maximum atomic E-state index is 10.1. The van der Waals surface area contributed by atoms with Crippen molar-refractivity contribution in [2.24, 2.45) is 5.92 Å². The molecule has 0 amide bonds. The molecule has 0 aromatic carbocycles. The van der Waals surface area contributed by atoms with Gasteiger partial charge >= 0.3 is 0 Å². The predicted molar refractivity (Wildman–Crippen MR) is 84.2 cm³/mol. The monoisotopic (exact) mass is 294 g/mol. The molecule has 1 aromatic rings. The molecular weight excluding hydrogens is 264 g/mol. The Kier molecular flexibility index (Phi) is 5.10. The van der Waals surface area contributed by atoms with E-state index in [1.165, 1.54) is 6.42 Å². The first kappa shape index (κ1) is 16.5. The van der Waals surface area contributed by atoms with Crippen molar-refractivity contribution in [2.45, 2.75) is 70.9 Å². The van der Waals surface area contributed by atoms with E-state index >= 15 is 0 Å². The Balaban J connectivity index is 1.98. The molecule has 1 saturated carbocycles. The number of aliphatic hydroxyl groups excluding tert-OH is 1. The van der Waals surface area contributed by atoms with Gasteiger partial charge in [0.1, 0.15) is 5.76 Å². The van der Waals surface area contributed by atoms with Gasteiger partial charge in [-0.2, -0.15) is 0 Å². The molecule has 2 rings (SSSR count). The Bertz CT molecular complexity index is 450. The second-order valence-corrected chi connectivity index (χ2v) is 7.54. The first-order valence-electron chi connectivity index (χ1n) is 8.13. The molecule has 4 heteroatoms. The second-order valence-electron chi connectivity index (χ2n) is 7.54. The average Bonchev–Trinajstić information content (AvgIpc) is 2.90. The molecule has 0 radical (unpaired) electrons. The molecule has 1 heterocycles. The molecule has 3 atom stereocenters. The van der Waals surface area contributed by atoms with Gasteiger partial charge in [0.15, 0.2) is 0 Å². The summed E-state index contributed by atoms with van der Waals surface area (Å²) >= 11 is 0. The number of hydrogen-bond acceptors (Lipinski definition) is 4. The maximum absolute atomic E-state index is 10.1. The van der Waals surface area contributed by atoms with Gasteiger partial charge in [0.05, 0.1) is 18.3 Å². The third-order valence-electron chi connectivity index (χ3n) is 4.67. The fraction of sp³-hybridized carbons (Fsp3) is 0.824. The van der Waals surface area contributed by atoms with Crippen LogP contribution in [0, 0.1) is 5.92 Å². The molecule has 0 aliphatic heterocycles. The van der Waals surface area contributed by atoms with Crippen LogP contribution >= 0.6 is 0 Å². The van der Waals surface area contributed by atoms with Crippen molar-refractivity contribution in [1.29, 1.82) is 0 Å². The van der Waals surface area contributed by atoms with Gasteiger partial charge in [-0.3, -0.25) is 4.90 Å². The van der Waals surface area contributed by atoms with E-state index in [1.54, 1.807) is 0 Å². The van der Waals surface area contributed by atoms with Crippen LogP contribution in [0.2, 0.25) is 0 Å². The third-order valence-corrected chi connectivity index (χ3v) is 4.67. The van der Waals surface area contributed by atoms with E-state index in [4.69, 9.17) is 4.42 Å². The zero-order valence-corrected chi connectivity index (χ0v) is 14.1. The highest BCUT2D eigenvalue weighted by atomic mass is 16.4. The SMILES string of the molecule is CC(c1ncc(C(C)(C)C)o1)N(C)CC1CCCCC1O. The van der Waals surface area contributed by atoms with Gasteiger partial charge in [-0.15, -0.1) is 0 Å². The summed E-state index contributed by atoms with van der Waals surface area (Å²) < 4.78 is 5.93. The van der Waals surface area contributed by atoms with Crippen molar-refractivity contribution < 1.29 is 9.52 Å². The summed E-state index contributed by atoms with van der Waals surface area (Å²) in [5.74, 6) is 2.08. The lowest BCUT2D eigenvalue weighted by atomic mass is 9.86. The second kappa shape index (κ2) is 6.49.